The zero-order valence-electron chi connectivity index (χ0n) is 14.2. The molecule has 0 bridgehead atoms. The Morgan fingerprint density at radius 2 is 1.96 bits per heavy atom. The van der Waals surface area contributed by atoms with Crippen LogP contribution in [-0.2, 0) is 4.79 Å². The Morgan fingerprint density at radius 3 is 2.60 bits per heavy atom. The van der Waals surface area contributed by atoms with Crippen LogP contribution >= 0.6 is 15.9 Å². The average molecular weight is 410 g/mol. The molecule has 0 saturated heterocycles. The largest absolute Gasteiger partial charge is 0.494 e. The second-order valence-electron chi connectivity index (χ2n) is 5.59. The minimum atomic E-state index is -0.441. The Morgan fingerprint density at radius 1 is 1.24 bits per heavy atom. The molecule has 0 aliphatic rings. The van der Waals surface area contributed by atoms with Crippen LogP contribution in [0.5, 0.6) is 11.5 Å². The molecule has 2 aromatic rings. The molecule has 0 spiro atoms. The van der Waals surface area contributed by atoms with Gasteiger partial charge in [0, 0.05) is 10.9 Å². The van der Waals surface area contributed by atoms with Crippen LogP contribution in [0, 0.1) is 5.82 Å². The summed E-state index contributed by atoms with van der Waals surface area (Å²) in [5, 5.41) is 2.86. The minimum absolute atomic E-state index is 0.0943. The van der Waals surface area contributed by atoms with Gasteiger partial charge in [0.1, 0.15) is 5.75 Å². The molecule has 4 nitrogen and oxygen atoms in total. The van der Waals surface area contributed by atoms with Crippen LogP contribution < -0.4 is 14.8 Å². The monoisotopic (exact) mass is 409 g/mol. The van der Waals surface area contributed by atoms with E-state index in [0.717, 1.165) is 10.2 Å². The van der Waals surface area contributed by atoms with Gasteiger partial charge in [0.2, 0.25) is 5.91 Å². The van der Waals surface area contributed by atoms with Gasteiger partial charge < -0.3 is 14.8 Å². The maximum Gasteiger partial charge on any atom is 0.220 e. The molecule has 0 saturated carbocycles. The first-order valence-corrected chi connectivity index (χ1v) is 8.80. The first-order valence-electron chi connectivity index (χ1n) is 8.00. The van der Waals surface area contributed by atoms with Crippen molar-refractivity contribution in [2.45, 2.75) is 25.8 Å². The van der Waals surface area contributed by atoms with E-state index < -0.39 is 5.82 Å². The van der Waals surface area contributed by atoms with E-state index >= 15 is 0 Å². The number of hydrogen-bond acceptors (Lipinski definition) is 3. The zero-order chi connectivity index (χ0) is 18.2. The summed E-state index contributed by atoms with van der Waals surface area (Å²) in [5.41, 5.74) is 0.692. The van der Waals surface area contributed by atoms with Gasteiger partial charge in [-0.15, -0.1) is 0 Å². The van der Waals surface area contributed by atoms with Crippen LogP contribution in [0.3, 0.4) is 0 Å². The van der Waals surface area contributed by atoms with Crippen molar-refractivity contribution in [3.8, 4) is 11.5 Å². The first kappa shape index (κ1) is 19.2. The van der Waals surface area contributed by atoms with Gasteiger partial charge in [-0.3, -0.25) is 4.79 Å². The molecule has 0 unspecified atom stereocenters. The highest BCUT2D eigenvalue weighted by molar-refractivity contribution is 9.10. The fourth-order valence-corrected chi connectivity index (χ4v) is 2.57. The lowest BCUT2D eigenvalue weighted by atomic mass is 10.1. The molecule has 0 aliphatic carbocycles. The van der Waals surface area contributed by atoms with Gasteiger partial charge in [-0.05, 0) is 55.3 Å². The third kappa shape index (κ3) is 6.05. The lowest BCUT2D eigenvalue weighted by Crippen LogP contribution is -2.26. The van der Waals surface area contributed by atoms with Crippen molar-refractivity contribution in [3.63, 3.8) is 0 Å². The number of carbonyl (C=O) groups excluding carboxylic acids is 1. The minimum Gasteiger partial charge on any atom is -0.494 e. The molecule has 2 rings (SSSR count). The van der Waals surface area contributed by atoms with Gasteiger partial charge in [0.05, 0.1) is 19.8 Å². The van der Waals surface area contributed by atoms with Crippen LogP contribution in [0.2, 0.25) is 0 Å². The fourth-order valence-electron chi connectivity index (χ4n) is 2.30. The highest BCUT2D eigenvalue weighted by atomic mass is 79.9. The van der Waals surface area contributed by atoms with Gasteiger partial charge in [-0.25, -0.2) is 4.39 Å². The maximum atomic E-state index is 13.7. The third-order valence-corrected chi connectivity index (χ3v) is 4.21. The van der Waals surface area contributed by atoms with Gasteiger partial charge in [0.15, 0.2) is 11.6 Å². The molecule has 0 radical (unpaired) electrons. The molecule has 25 heavy (non-hydrogen) atoms. The van der Waals surface area contributed by atoms with Gasteiger partial charge >= 0.3 is 0 Å². The second-order valence-corrected chi connectivity index (χ2v) is 6.50. The third-order valence-electron chi connectivity index (χ3n) is 3.68. The second kappa shape index (κ2) is 9.42. The molecule has 0 aliphatic heterocycles. The quantitative estimate of drug-likeness (QED) is 0.646. The summed E-state index contributed by atoms with van der Waals surface area (Å²) in [5.74, 6) is 0.421. The SMILES string of the molecule is COc1ccc([C@@H](C)NC(=O)CCCOc2ccc(Br)cc2)cc1F. The molecule has 0 aromatic heterocycles. The average Bonchev–Trinajstić information content (AvgIpc) is 2.60. The van der Waals surface area contributed by atoms with Gasteiger partial charge in [-0.2, -0.15) is 0 Å². The summed E-state index contributed by atoms with van der Waals surface area (Å²) >= 11 is 3.36. The van der Waals surface area contributed by atoms with E-state index in [1.807, 2.05) is 31.2 Å². The van der Waals surface area contributed by atoms with Gasteiger partial charge in [0.25, 0.3) is 0 Å². The molecule has 1 atom stereocenters. The van der Waals surface area contributed by atoms with Crippen molar-refractivity contribution in [2.24, 2.45) is 0 Å². The van der Waals surface area contributed by atoms with Crippen molar-refractivity contribution < 1.29 is 18.7 Å². The smallest absolute Gasteiger partial charge is 0.220 e. The van der Waals surface area contributed by atoms with Crippen LogP contribution in [0.1, 0.15) is 31.4 Å². The summed E-state index contributed by atoms with van der Waals surface area (Å²) in [7, 11) is 1.42. The van der Waals surface area contributed by atoms with Crippen molar-refractivity contribution in [3.05, 3.63) is 58.3 Å². The highest BCUT2D eigenvalue weighted by Crippen LogP contribution is 2.22. The van der Waals surface area contributed by atoms with E-state index in [1.54, 1.807) is 12.1 Å². The van der Waals surface area contributed by atoms with Crippen molar-refractivity contribution >= 4 is 21.8 Å². The molecule has 1 amide bonds. The van der Waals surface area contributed by atoms with E-state index in [-0.39, 0.29) is 17.7 Å². The normalized spacial score (nSPS) is 11.7. The Kier molecular flexibility index (Phi) is 7.25. The maximum absolute atomic E-state index is 13.7. The van der Waals surface area contributed by atoms with Crippen molar-refractivity contribution in [1.29, 1.82) is 0 Å². The number of methoxy groups -OCH3 is 1. The first-order chi connectivity index (χ1) is 12.0. The van der Waals surface area contributed by atoms with E-state index in [4.69, 9.17) is 9.47 Å². The van der Waals surface area contributed by atoms with Gasteiger partial charge in [-0.1, -0.05) is 22.0 Å². The number of nitrogens with one attached hydrogen (secondary N) is 1. The van der Waals surface area contributed by atoms with E-state index in [2.05, 4.69) is 21.2 Å². The van der Waals surface area contributed by atoms with Crippen molar-refractivity contribution in [2.75, 3.05) is 13.7 Å². The number of hydrogen-bond donors (Lipinski definition) is 1. The Labute approximate surface area is 155 Å². The number of halogens is 2. The standard InChI is InChI=1S/C19H21BrFNO3/c1-13(14-5-10-18(24-2)17(21)12-14)22-19(23)4-3-11-25-16-8-6-15(20)7-9-16/h5-10,12-13H,3-4,11H2,1-2H3,(H,22,23)/t13-/m1/s1. The summed E-state index contributed by atoms with van der Waals surface area (Å²) in [6, 6.07) is 11.9. The van der Waals surface area contributed by atoms with Crippen LogP contribution in [0.15, 0.2) is 46.9 Å². The molecular formula is C19H21BrFNO3. The molecule has 6 heteroatoms. The number of carbonyl (C=O) groups is 1. The van der Waals surface area contributed by atoms with E-state index in [9.17, 15) is 9.18 Å². The Balaban J connectivity index is 1.74. The summed E-state index contributed by atoms with van der Waals surface area (Å²) < 4.78 is 25.2. The predicted molar refractivity (Wildman–Crippen MR) is 98.4 cm³/mol. The number of rotatable bonds is 8. The number of amides is 1. The van der Waals surface area contributed by atoms with E-state index in [0.29, 0.717) is 25.0 Å². The number of benzene rings is 2. The lowest BCUT2D eigenvalue weighted by Gasteiger charge is -2.15. The molecule has 0 heterocycles. The summed E-state index contributed by atoms with van der Waals surface area (Å²) in [4.78, 5) is 12.0. The topological polar surface area (TPSA) is 47.6 Å². The van der Waals surface area contributed by atoms with Crippen LogP contribution in [0.4, 0.5) is 4.39 Å². The highest BCUT2D eigenvalue weighted by Gasteiger charge is 2.12. The summed E-state index contributed by atoms with van der Waals surface area (Å²) in [6.07, 6.45) is 0.949. The molecule has 0 fully saturated rings. The molecular weight excluding hydrogens is 389 g/mol. The van der Waals surface area contributed by atoms with Crippen LogP contribution in [0.25, 0.3) is 0 Å². The summed E-state index contributed by atoms with van der Waals surface area (Å²) in [6.45, 7) is 2.28. The van der Waals surface area contributed by atoms with Crippen LogP contribution in [-0.4, -0.2) is 19.6 Å². The molecule has 2 aromatic carbocycles. The predicted octanol–water partition coefficient (Wildman–Crippen LogP) is 4.63. The van der Waals surface area contributed by atoms with E-state index in [1.165, 1.54) is 13.2 Å². The zero-order valence-corrected chi connectivity index (χ0v) is 15.8. The fraction of sp³-hybridized carbons (Fsp3) is 0.316. The number of ether oxygens (including phenoxy) is 2. The lowest BCUT2D eigenvalue weighted by molar-refractivity contribution is -0.121. The molecule has 134 valence electrons. The van der Waals surface area contributed by atoms with Crippen molar-refractivity contribution in [1.82, 2.24) is 5.32 Å². The Bertz CT molecular complexity index is 706. The molecule has 1 N–H and O–H groups in total. The Hall–Kier alpha value is -2.08.